The lowest BCUT2D eigenvalue weighted by molar-refractivity contribution is -0.0882. The molecule has 0 radical (unpaired) electrons. The van der Waals surface area contributed by atoms with Crippen LogP contribution in [0.4, 0.5) is 18.2 Å². The summed E-state index contributed by atoms with van der Waals surface area (Å²) in [5, 5.41) is 3.10. The van der Waals surface area contributed by atoms with Crippen LogP contribution >= 0.6 is 11.3 Å². The molecule has 0 aromatic carbocycles. The van der Waals surface area contributed by atoms with Crippen molar-refractivity contribution in [2.24, 2.45) is 5.11 Å². The first-order chi connectivity index (χ1) is 6.45. The molecule has 74 valence electrons. The highest BCUT2D eigenvalue weighted by molar-refractivity contribution is 7.17. The zero-order valence-electron chi connectivity index (χ0n) is 6.45. The summed E-state index contributed by atoms with van der Waals surface area (Å²) in [6, 6.07) is 2.13. The predicted molar refractivity (Wildman–Crippen MR) is 43.5 cm³/mol. The van der Waals surface area contributed by atoms with Crippen molar-refractivity contribution in [2.45, 2.75) is 6.18 Å². The summed E-state index contributed by atoms with van der Waals surface area (Å²) in [6.45, 7) is 0. The van der Waals surface area contributed by atoms with Gasteiger partial charge in [-0.1, -0.05) is 5.11 Å². The molecule has 8 heteroatoms. The van der Waals surface area contributed by atoms with Gasteiger partial charge >= 0.3 is 6.18 Å². The lowest BCUT2D eigenvalue weighted by Crippen LogP contribution is -2.21. The summed E-state index contributed by atoms with van der Waals surface area (Å²) < 4.78 is 35.7. The van der Waals surface area contributed by atoms with E-state index >= 15 is 0 Å². The second kappa shape index (κ2) is 3.69. The first kappa shape index (κ1) is 10.6. The molecule has 0 saturated heterocycles. The molecule has 0 aliphatic carbocycles. The maximum atomic E-state index is 11.9. The van der Waals surface area contributed by atoms with Crippen LogP contribution in [-0.2, 0) is 0 Å². The standard InChI is InChI=1S/C6H2F3N3OS/c7-6(8,9)5(13)3-1-2-4(14-3)11-12-10/h1-2H. The minimum Gasteiger partial charge on any atom is -0.283 e. The lowest BCUT2D eigenvalue weighted by Gasteiger charge is -2.00. The third-order valence-electron chi connectivity index (χ3n) is 1.22. The second-order valence-corrected chi connectivity index (χ2v) is 3.22. The van der Waals surface area contributed by atoms with Crippen LogP contribution in [0.5, 0.6) is 0 Å². The van der Waals surface area contributed by atoms with Crippen LogP contribution in [0.2, 0.25) is 0 Å². The topological polar surface area (TPSA) is 65.8 Å². The maximum absolute atomic E-state index is 11.9. The highest BCUT2D eigenvalue weighted by atomic mass is 32.1. The molecule has 0 unspecified atom stereocenters. The molecule has 0 bridgehead atoms. The minimum atomic E-state index is -4.89. The van der Waals surface area contributed by atoms with Crippen LogP contribution in [0.1, 0.15) is 9.67 Å². The molecule has 1 rings (SSSR count). The van der Waals surface area contributed by atoms with Gasteiger partial charge in [-0.15, -0.1) is 11.3 Å². The van der Waals surface area contributed by atoms with Crippen molar-refractivity contribution in [1.82, 2.24) is 0 Å². The van der Waals surface area contributed by atoms with Crippen molar-refractivity contribution in [3.05, 3.63) is 27.5 Å². The molecule has 1 aromatic rings. The Hall–Kier alpha value is -1.53. The van der Waals surface area contributed by atoms with Gasteiger partial charge in [-0.25, -0.2) is 0 Å². The van der Waals surface area contributed by atoms with Gasteiger partial charge in [0.05, 0.1) is 9.88 Å². The van der Waals surface area contributed by atoms with E-state index in [-0.39, 0.29) is 5.00 Å². The summed E-state index contributed by atoms with van der Waals surface area (Å²) in [7, 11) is 0. The normalized spacial score (nSPS) is 10.8. The van der Waals surface area contributed by atoms with Gasteiger partial charge in [0.1, 0.15) is 0 Å². The number of alkyl halides is 3. The SMILES string of the molecule is [N-]=[N+]=Nc1ccc(C(=O)C(F)(F)F)s1. The average Bonchev–Trinajstić information content (AvgIpc) is 2.50. The van der Waals surface area contributed by atoms with Gasteiger partial charge < -0.3 is 0 Å². The predicted octanol–water partition coefficient (Wildman–Crippen LogP) is 3.43. The Kier molecular flexibility index (Phi) is 2.78. The fraction of sp³-hybridized carbons (Fsp3) is 0.167. The molecule has 1 aromatic heterocycles. The molecule has 0 amide bonds. The molecule has 0 spiro atoms. The van der Waals surface area contributed by atoms with Gasteiger partial charge in [-0.2, -0.15) is 13.2 Å². The van der Waals surface area contributed by atoms with Crippen LogP contribution in [0, 0.1) is 0 Å². The highest BCUT2D eigenvalue weighted by Gasteiger charge is 2.40. The lowest BCUT2D eigenvalue weighted by atomic mass is 10.3. The van der Waals surface area contributed by atoms with Gasteiger partial charge in [0.15, 0.2) is 0 Å². The van der Waals surface area contributed by atoms with Crippen molar-refractivity contribution in [3.63, 3.8) is 0 Å². The molecule has 0 atom stereocenters. The number of rotatable bonds is 2. The van der Waals surface area contributed by atoms with Crippen molar-refractivity contribution < 1.29 is 18.0 Å². The molecular formula is C6H2F3N3OS. The Labute approximate surface area is 79.6 Å². The number of Topliss-reactive ketones (excluding diaryl/α,β-unsaturated/α-hetero) is 1. The van der Waals surface area contributed by atoms with E-state index in [1.807, 2.05) is 0 Å². The quantitative estimate of drug-likeness (QED) is 0.326. The number of thiophene rings is 1. The molecule has 4 nitrogen and oxygen atoms in total. The van der Waals surface area contributed by atoms with E-state index in [2.05, 4.69) is 10.0 Å². The van der Waals surface area contributed by atoms with E-state index in [9.17, 15) is 18.0 Å². The van der Waals surface area contributed by atoms with Crippen molar-refractivity contribution in [2.75, 3.05) is 0 Å². The third kappa shape index (κ3) is 2.24. The molecule has 0 aliphatic rings. The Balaban J connectivity index is 2.98. The number of hydrogen-bond donors (Lipinski definition) is 0. The smallest absolute Gasteiger partial charge is 0.283 e. The van der Waals surface area contributed by atoms with E-state index in [1.165, 1.54) is 0 Å². The number of hydrogen-bond acceptors (Lipinski definition) is 3. The van der Waals surface area contributed by atoms with Gasteiger partial charge in [0.2, 0.25) is 0 Å². The van der Waals surface area contributed by atoms with Gasteiger partial charge in [-0.05, 0) is 17.7 Å². The Bertz CT molecular complexity index is 405. The van der Waals surface area contributed by atoms with Crippen LogP contribution in [-0.4, -0.2) is 12.0 Å². The number of carbonyl (C=O) groups is 1. The molecule has 0 fully saturated rings. The van der Waals surface area contributed by atoms with Crippen LogP contribution in [0.25, 0.3) is 10.4 Å². The minimum absolute atomic E-state index is 0.0279. The van der Waals surface area contributed by atoms with Crippen LogP contribution in [0.3, 0.4) is 0 Å². The monoisotopic (exact) mass is 221 g/mol. The Morgan fingerprint density at radius 3 is 2.64 bits per heavy atom. The zero-order chi connectivity index (χ0) is 10.8. The number of carbonyl (C=O) groups excluding carboxylic acids is 1. The van der Waals surface area contributed by atoms with Gasteiger partial charge in [-0.3, -0.25) is 4.79 Å². The maximum Gasteiger partial charge on any atom is 0.455 e. The van der Waals surface area contributed by atoms with Crippen molar-refractivity contribution in [3.8, 4) is 0 Å². The average molecular weight is 221 g/mol. The fourth-order valence-electron chi connectivity index (χ4n) is 0.687. The number of nitrogens with zero attached hydrogens (tertiary/aromatic N) is 3. The Morgan fingerprint density at radius 2 is 2.14 bits per heavy atom. The summed E-state index contributed by atoms with van der Waals surface area (Å²) in [5.74, 6) is -1.93. The summed E-state index contributed by atoms with van der Waals surface area (Å²) in [5.41, 5.74) is 7.99. The zero-order valence-corrected chi connectivity index (χ0v) is 7.26. The largest absolute Gasteiger partial charge is 0.455 e. The van der Waals surface area contributed by atoms with E-state index in [1.54, 1.807) is 0 Å². The summed E-state index contributed by atoms with van der Waals surface area (Å²) in [6.07, 6.45) is -4.89. The number of halogens is 3. The second-order valence-electron chi connectivity index (χ2n) is 2.15. The van der Waals surface area contributed by atoms with E-state index in [0.717, 1.165) is 12.1 Å². The van der Waals surface area contributed by atoms with Crippen LogP contribution < -0.4 is 0 Å². The molecule has 0 aliphatic heterocycles. The van der Waals surface area contributed by atoms with E-state index in [4.69, 9.17) is 5.53 Å². The van der Waals surface area contributed by atoms with Crippen molar-refractivity contribution in [1.29, 1.82) is 0 Å². The van der Waals surface area contributed by atoms with Crippen LogP contribution in [0.15, 0.2) is 17.2 Å². The molecular weight excluding hydrogens is 219 g/mol. The van der Waals surface area contributed by atoms with E-state index in [0.29, 0.717) is 11.3 Å². The first-order valence-corrected chi connectivity index (χ1v) is 4.03. The number of azide groups is 1. The highest BCUT2D eigenvalue weighted by Crippen LogP contribution is 2.30. The number of ketones is 1. The molecule has 14 heavy (non-hydrogen) atoms. The molecule has 0 saturated carbocycles. The third-order valence-corrected chi connectivity index (χ3v) is 2.18. The van der Waals surface area contributed by atoms with Gasteiger partial charge in [0.25, 0.3) is 5.78 Å². The fourth-order valence-corrected chi connectivity index (χ4v) is 1.47. The summed E-state index contributed by atoms with van der Waals surface area (Å²) in [4.78, 5) is 12.5. The van der Waals surface area contributed by atoms with Crippen molar-refractivity contribution >= 4 is 22.1 Å². The summed E-state index contributed by atoms with van der Waals surface area (Å²) >= 11 is 0.502. The first-order valence-electron chi connectivity index (χ1n) is 3.21. The Morgan fingerprint density at radius 1 is 1.50 bits per heavy atom. The van der Waals surface area contributed by atoms with E-state index < -0.39 is 16.8 Å². The molecule has 0 N–H and O–H groups in total. The molecule has 1 heterocycles. The van der Waals surface area contributed by atoms with Gasteiger partial charge in [0, 0.05) is 4.91 Å².